The Morgan fingerprint density at radius 3 is 2.84 bits per heavy atom. The second-order valence-corrected chi connectivity index (χ2v) is 4.98. The molecule has 0 aromatic carbocycles. The van der Waals surface area contributed by atoms with Crippen molar-refractivity contribution in [3.63, 3.8) is 0 Å². The van der Waals surface area contributed by atoms with Crippen molar-refractivity contribution in [1.82, 2.24) is 15.5 Å². The number of unbranched alkanes of at least 4 members (excludes halogenated alkanes) is 1. The molecule has 0 aliphatic carbocycles. The van der Waals surface area contributed by atoms with Crippen LogP contribution in [0.25, 0.3) is 0 Å². The molecule has 0 aliphatic rings. The van der Waals surface area contributed by atoms with Crippen LogP contribution in [0.2, 0.25) is 0 Å². The molecule has 1 unspecified atom stereocenters. The van der Waals surface area contributed by atoms with E-state index in [9.17, 15) is 4.79 Å². The quantitative estimate of drug-likeness (QED) is 0.660. The van der Waals surface area contributed by atoms with E-state index in [1.54, 1.807) is 6.26 Å². The summed E-state index contributed by atoms with van der Waals surface area (Å²) < 4.78 is 5.16. The summed E-state index contributed by atoms with van der Waals surface area (Å²) in [6, 6.07) is 3.49. The molecular formula is C14H25N3O2. The molecule has 5 heteroatoms. The van der Waals surface area contributed by atoms with E-state index in [1.807, 2.05) is 19.1 Å². The Kier molecular flexibility index (Phi) is 7.22. The Bertz CT molecular complexity index is 350. The van der Waals surface area contributed by atoms with E-state index in [2.05, 4.69) is 29.6 Å². The fraction of sp³-hybridized carbons (Fsp3) is 0.643. The van der Waals surface area contributed by atoms with Crippen LogP contribution in [-0.4, -0.2) is 44.0 Å². The molecule has 1 atom stereocenters. The standard InChI is InChI=1S/C14H25N3O2/c1-12(15-8-4-5-9-17(2)3)14(18)16-11-13-7-6-10-19-13/h6-7,10,12,15H,4-5,8-9,11H2,1-3H3,(H,16,18). The summed E-state index contributed by atoms with van der Waals surface area (Å²) >= 11 is 0. The monoisotopic (exact) mass is 267 g/mol. The zero-order valence-electron chi connectivity index (χ0n) is 12.1. The van der Waals surface area contributed by atoms with Crippen molar-refractivity contribution >= 4 is 5.91 Å². The molecule has 1 aromatic heterocycles. The van der Waals surface area contributed by atoms with E-state index in [4.69, 9.17) is 4.42 Å². The highest BCUT2D eigenvalue weighted by Gasteiger charge is 2.11. The van der Waals surface area contributed by atoms with Crippen LogP contribution in [0.1, 0.15) is 25.5 Å². The Labute approximate surface area is 115 Å². The summed E-state index contributed by atoms with van der Waals surface area (Å²) in [6.45, 7) is 4.27. The number of amides is 1. The number of carbonyl (C=O) groups excluding carboxylic acids is 1. The second kappa shape index (κ2) is 8.72. The van der Waals surface area contributed by atoms with Gasteiger partial charge in [0.05, 0.1) is 18.8 Å². The van der Waals surface area contributed by atoms with Gasteiger partial charge in [-0.3, -0.25) is 4.79 Å². The van der Waals surface area contributed by atoms with Crippen LogP contribution < -0.4 is 10.6 Å². The van der Waals surface area contributed by atoms with Gasteiger partial charge in [-0.25, -0.2) is 0 Å². The van der Waals surface area contributed by atoms with Gasteiger partial charge in [-0.1, -0.05) is 0 Å². The third-order valence-electron chi connectivity index (χ3n) is 2.89. The highest BCUT2D eigenvalue weighted by Crippen LogP contribution is 1.98. The largest absolute Gasteiger partial charge is 0.467 e. The van der Waals surface area contributed by atoms with Crippen LogP contribution >= 0.6 is 0 Å². The number of hydrogen-bond donors (Lipinski definition) is 2. The van der Waals surface area contributed by atoms with Gasteiger partial charge in [0.15, 0.2) is 0 Å². The highest BCUT2D eigenvalue weighted by atomic mass is 16.3. The van der Waals surface area contributed by atoms with Gasteiger partial charge in [-0.2, -0.15) is 0 Å². The molecule has 0 radical (unpaired) electrons. The maximum absolute atomic E-state index is 11.8. The van der Waals surface area contributed by atoms with E-state index >= 15 is 0 Å². The maximum Gasteiger partial charge on any atom is 0.237 e. The summed E-state index contributed by atoms with van der Waals surface area (Å²) in [5.74, 6) is 0.774. The average molecular weight is 267 g/mol. The van der Waals surface area contributed by atoms with Gasteiger partial charge >= 0.3 is 0 Å². The SMILES string of the molecule is CC(NCCCCN(C)C)C(=O)NCc1ccco1. The van der Waals surface area contributed by atoms with Gasteiger partial charge in [-0.05, 0) is 59.1 Å². The minimum Gasteiger partial charge on any atom is -0.467 e. The lowest BCUT2D eigenvalue weighted by atomic mass is 10.2. The minimum absolute atomic E-state index is 0.00371. The van der Waals surface area contributed by atoms with Gasteiger partial charge in [0.25, 0.3) is 0 Å². The molecule has 1 rings (SSSR count). The smallest absolute Gasteiger partial charge is 0.237 e. The topological polar surface area (TPSA) is 57.5 Å². The van der Waals surface area contributed by atoms with Gasteiger partial charge in [0.1, 0.15) is 5.76 Å². The predicted molar refractivity (Wildman–Crippen MR) is 75.8 cm³/mol. The molecule has 2 N–H and O–H groups in total. The summed E-state index contributed by atoms with van der Waals surface area (Å²) in [6.07, 6.45) is 3.82. The van der Waals surface area contributed by atoms with Crippen LogP contribution in [-0.2, 0) is 11.3 Å². The van der Waals surface area contributed by atoms with E-state index < -0.39 is 0 Å². The Morgan fingerprint density at radius 2 is 2.21 bits per heavy atom. The van der Waals surface area contributed by atoms with Crippen LogP contribution in [0.5, 0.6) is 0 Å². The fourth-order valence-electron chi connectivity index (χ4n) is 1.70. The predicted octanol–water partition coefficient (Wildman–Crippen LogP) is 1.22. The third kappa shape index (κ3) is 6.98. The van der Waals surface area contributed by atoms with Crippen molar-refractivity contribution in [3.8, 4) is 0 Å². The number of carbonyl (C=O) groups is 1. The number of hydrogen-bond acceptors (Lipinski definition) is 4. The van der Waals surface area contributed by atoms with Crippen LogP contribution in [0.15, 0.2) is 22.8 Å². The molecule has 0 saturated heterocycles. The number of rotatable bonds is 9. The van der Waals surface area contributed by atoms with Crippen molar-refractivity contribution in [2.45, 2.75) is 32.4 Å². The van der Waals surface area contributed by atoms with Crippen molar-refractivity contribution in [2.24, 2.45) is 0 Å². The summed E-state index contributed by atoms with van der Waals surface area (Å²) in [4.78, 5) is 14.0. The minimum atomic E-state index is -0.172. The van der Waals surface area contributed by atoms with Gasteiger partial charge in [0, 0.05) is 0 Å². The van der Waals surface area contributed by atoms with Crippen molar-refractivity contribution in [2.75, 3.05) is 27.2 Å². The first-order valence-electron chi connectivity index (χ1n) is 6.78. The Morgan fingerprint density at radius 1 is 1.42 bits per heavy atom. The molecule has 0 saturated carbocycles. The van der Waals surface area contributed by atoms with E-state index in [1.165, 1.54) is 0 Å². The van der Waals surface area contributed by atoms with Gasteiger partial charge in [-0.15, -0.1) is 0 Å². The first-order chi connectivity index (χ1) is 9.09. The summed E-state index contributed by atoms with van der Waals surface area (Å²) in [5.41, 5.74) is 0. The normalized spacial score (nSPS) is 12.6. The molecule has 0 spiro atoms. The molecule has 108 valence electrons. The molecule has 0 fully saturated rings. The lowest BCUT2D eigenvalue weighted by Crippen LogP contribution is -2.42. The zero-order valence-corrected chi connectivity index (χ0v) is 12.1. The number of nitrogens with zero attached hydrogens (tertiary/aromatic N) is 1. The van der Waals surface area contributed by atoms with Gasteiger partial charge < -0.3 is 20.0 Å². The first-order valence-corrected chi connectivity index (χ1v) is 6.78. The number of nitrogens with one attached hydrogen (secondary N) is 2. The van der Waals surface area contributed by atoms with E-state index in [0.717, 1.165) is 31.7 Å². The molecule has 5 nitrogen and oxygen atoms in total. The van der Waals surface area contributed by atoms with Crippen LogP contribution in [0.4, 0.5) is 0 Å². The third-order valence-corrected chi connectivity index (χ3v) is 2.89. The molecular weight excluding hydrogens is 242 g/mol. The number of furan rings is 1. The first kappa shape index (κ1) is 15.7. The van der Waals surface area contributed by atoms with Crippen molar-refractivity contribution in [3.05, 3.63) is 24.2 Å². The second-order valence-electron chi connectivity index (χ2n) is 4.98. The summed E-state index contributed by atoms with van der Waals surface area (Å²) in [5, 5.41) is 6.07. The van der Waals surface area contributed by atoms with E-state index in [0.29, 0.717) is 6.54 Å². The Hall–Kier alpha value is -1.33. The van der Waals surface area contributed by atoms with Crippen molar-refractivity contribution in [1.29, 1.82) is 0 Å². The average Bonchev–Trinajstić information content (AvgIpc) is 2.88. The Balaban J connectivity index is 2.08. The van der Waals surface area contributed by atoms with Crippen LogP contribution in [0, 0.1) is 0 Å². The molecule has 1 heterocycles. The highest BCUT2D eigenvalue weighted by molar-refractivity contribution is 5.81. The lowest BCUT2D eigenvalue weighted by molar-refractivity contribution is -0.123. The molecule has 0 bridgehead atoms. The van der Waals surface area contributed by atoms with Crippen molar-refractivity contribution < 1.29 is 9.21 Å². The fourth-order valence-corrected chi connectivity index (χ4v) is 1.70. The molecule has 19 heavy (non-hydrogen) atoms. The maximum atomic E-state index is 11.8. The lowest BCUT2D eigenvalue weighted by Gasteiger charge is -2.14. The van der Waals surface area contributed by atoms with Crippen LogP contribution in [0.3, 0.4) is 0 Å². The van der Waals surface area contributed by atoms with Gasteiger partial charge in [0.2, 0.25) is 5.91 Å². The zero-order chi connectivity index (χ0) is 14.1. The molecule has 1 aromatic rings. The van der Waals surface area contributed by atoms with E-state index in [-0.39, 0.29) is 11.9 Å². The summed E-state index contributed by atoms with van der Waals surface area (Å²) in [7, 11) is 4.14. The molecule has 1 amide bonds. The molecule has 0 aliphatic heterocycles.